The summed E-state index contributed by atoms with van der Waals surface area (Å²) in [6, 6.07) is 7.09. The Morgan fingerprint density at radius 3 is 2.50 bits per heavy atom. The van der Waals surface area contributed by atoms with Crippen molar-refractivity contribution in [3.05, 3.63) is 73.0 Å². The van der Waals surface area contributed by atoms with Crippen LogP contribution in [-0.2, 0) is 0 Å². The van der Waals surface area contributed by atoms with Gasteiger partial charge in [0.25, 0.3) is 0 Å². The lowest BCUT2D eigenvalue weighted by Gasteiger charge is -2.06. The van der Waals surface area contributed by atoms with Crippen LogP contribution in [0.3, 0.4) is 0 Å². The van der Waals surface area contributed by atoms with Crippen molar-refractivity contribution < 1.29 is 13.5 Å². The molecule has 0 radical (unpaired) electrons. The van der Waals surface area contributed by atoms with Crippen molar-refractivity contribution >= 4 is 5.65 Å². The van der Waals surface area contributed by atoms with E-state index < -0.39 is 11.6 Å². The van der Waals surface area contributed by atoms with Gasteiger partial charge in [0.1, 0.15) is 11.4 Å². The van der Waals surface area contributed by atoms with Crippen molar-refractivity contribution in [1.82, 2.24) is 19.4 Å². The lowest BCUT2D eigenvalue weighted by atomic mass is 10.1. The number of rotatable bonds is 3. The van der Waals surface area contributed by atoms with Gasteiger partial charge in [-0.2, -0.15) is 0 Å². The standard InChI is InChI=1S/C17H10F2N4O/c18-14-3-2-13(7-15(14)19)24-17-21-8-12(9-22-17)11-1-4-16-20-5-6-23(16)10-11/h1-10H. The number of aromatic nitrogens is 4. The van der Waals surface area contributed by atoms with E-state index in [4.69, 9.17) is 4.74 Å². The van der Waals surface area contributed by atoms with Gasteiger partial charge >= 0.3 is 6.01 Å². The number of benzene rings is 1. The van der Waals surface area contributed by atoms with Crippen molar-refractivity contribution in [3.8, 4) is 22.9 Å². The molecule has 5 nitrogen and oxygen atoms in total. The summed E-state index contributed by atoms with van der Waals surface area (Å²) in [6.07, 6.45) is 8.67. The first kappa shape index (κ1) is 14.3. The predicted octanol–water partition coefficient (Wildman–Crippen LogP) is 3.86. The third-order valence-electron chi connectivity index (χ3n) is 3.45. The van der Waals surface area contributed by atoms with Crippen LogP contribution in [0.2, 0.25) is 0 Å². The Hall–Kier alpha value is -3.35. The molecule has 0 fully saturated rings. The molecule has 0 bridgehead atoms. The number of hydrogen-bond donors (Lipinski definition) is 0. The average Bonchev–Trinajstić information content (AvgIpc) is 3.06. The van der Waals surface area contributed by atoms with Crippen LogP contribution in [0.5, 0.6) is 11.8 Å². The SMILES string of the molecule is Fc1ccc(Oc2ncc(-c3ccc4nccn4c3)cn2)cc1F. The fraction of sp³-hybridized carbons (Fsp3) is 0. The summed E-state index contributed by atoms with van der Waals surface area (Å²) in [7, 11) is 0. The van der Waals surface area contributed by atoms with E-state index in [2.05, 4.69) is 15.0 Å². The maximum Gasteiger partial charge on any atom is 0.321 e. The molecule has 0 saturated carbocycles. The van der Waals surface area contributed by atoms with E-state index >= 15 is 0 Å². The summed E-state index contributed by atoms with van der Waals surface area (Å²) in [5.41, 5.74) is 2.56. The Morgan fingerprint density at radius 1 is 0.875 bits per heavy atom. The van der Waals surface area contributed by atoms with Crippen molar-refractivity contribution in [3.63, 3.8) is 0 Å². The molecule has 0 atom stereocenters. The van der Waals surface area contributed by atoms with Crippen molar-refractivity contribution in [1.29, 1.82) is 0 Å². The van der Waals surface area contributed by atoms with Gasteiger partial charge in [0.2, 0.25) is 0 Å². The third kappa shape index (κ3) is 2.67. The molecule has 0 spiro atoms. The first-order valence-corrected chi connectivity index (χ1v) is 7.07. The second-order valence-corrected chi connectivity index (χ2v) is 5.04. The lowest BCUT2D eigenvalue weighted by Crippen LogP contribution is -1.94. The second-order valence-electron chi connectivity index (χ2n) is 5.04. The molecule has 0 amide bonds. The maximum absolute atomic E-state index is 13.2. The number of nitrogens with zero attached hydrogens (tertiary/aromatic N) is 4. The molecular weight excluding hydrogens is 314 g/mol. The Morgan fingerprint density at radius 2 is 1.71 bits per heavy atom. The zero-order valence-electron chi connectivity index (χ0n) is 12.2. The first-order valence-electron chi connectivity index (χ1n) is 7.07. The normalized spacial score (nSPS) is 10.9. The highest BCUT2D eigenvalue weighted by atomic mass is 19.2. The molecular formula is C17H10F2N4O. The highest BCUT2D eigenvalue weighted by molar-refractivity contribution is 5.63. The van der Waals surface area contributed by atoms with Crippen molar-refractivity contribution in [2.75, 3.05) is 0 Å². The molecule has 3 heterocycles. The van der Waals surface area contributed by atoms with Crippen LogP contribution in [0.25, 0.3) is 16.8 Å². The van der Waals surface area contributed by atoms with Gasteiger partial charge in [0.15, 0.2) is 11.6 Å². The number of pyridine rings is 1. The molecule has 3 aromatic heterocycles. The molecule has 4 aromatic rings. The molecule has 0 saturated heterocycles. The van der Waals surface area contributed by atoms with Gasteiger partial charge < -0.3 is 9.14 Å². The van der Waals surface area contributed by atoms with Gasteiger partial charge in [-0.25, -0.2) is 23.7 Å². The fourth-order valence-electron chi connectivity index (χ4n) is 2.25. The molecule has 0 N–H and O–H groups in total. The largest absolute Gasteiger partial charge is 0.424 e. The molecule has 7 heteroatoms. The molecule has 24 heavy (non-hydrogen) atoms. The van der Waals surface area contributed by atoms with E-state index in [9.17, 15) is 8.78 Å². The monoisotopic (exact) mass is 324 g/mol. The van der Waals surface area contributed by atoms with Crippen LogP contribution in [0.1, 0.15) is 0 Å². The zero-order valence-corrected chi connectivity index (χ0v) is 12.2. The number of hydrogen-bond acceptors (Lipinski definition) is 4. The molecule has 118 valence electrons. The fourth-order valence-corrected chi connectivity index (χ4v) is 2.25. The van der Waals surface area contributed by atoms with Gasteiger partial charge in [-0.1, -0.05) is 0 Å². The van der Waals surface area contributed by atoms with Crippen LogP contribution in [0.15, 0.2) is 61.3 Å². The summed E-state index contributed by atoms with van der Waals surface area (Å²) < 4.78 is 33.3. The molecule has 0 aliphatic carbocycles. The van der Waals surface area contributed by atoms with E-state index in [-0.39, 0.29) is 11.8 Å². The minimum atomic E-state index is -0.988. The van der Waals surface area contributed by atoms with Crippen LogP contribution in [0.4, 0.5) is 8.78 Å². The zero-order chi connectivity index (χ0) is 16.5. The molecule has 0 aliphatic heterocycles. The second kappa shape index (κ2) is 5.69. The lowest BCUT2D eigenvalue weighted by molar-refractivity contribution is 0.431. The summed E-state index contributed by atoms with van der Waals surface area (Å²) in [5, 5.41) is 0. The third-order valence-corrected chi connectivity index (χ3v) is 3.45. The average molecular weight is 324 g/mol. The summed E-state index contributed by atoms with van der Waals surface area (Å²) in [6.45, 7) is 0. The summed E-state index contributed by atoms with van der Waals surface area (Å²) >= 11 is 0. The summed E-state index contributed by atoms with van der Waals surface area (Å²) in [5.74, 6) is -1.80. The smallest absolute Gasteiger partial charge is 0.321 e. The molecule has 0 unspecified atom stereocenters. The Bertz CT molecular complexity index is 1010. The Labute approximate surface area is 135 Å². The molecule has 1 aromatic carbocycles. The summed E-state index contributed by atoms with van der Waals surface area (Å²) in [4.78, 5) is 12.4. The van der Waals surface area contributed by atoms with Gasteiger partial charge in [-0.05, 0) is 24.3 Å². The van der Waals surface area contributed by atoms with Gasteiger partial charge in [0.05, 0.1) is 0 Å². The van der Waals surface area contributed by atoms with E-state index in [0.717, 1.165) is 28.9 Å². The number of halogens is 2. The highest BCUT2D eigenvalue weighted by Gasteiger charge is 2.07. The van der Waals surface area contributed by atoms with E-state index in [1.54, 1.807) is 18.6 Å². The van der Waals surface area contributed by atoms with E-state index in [0.29, 0.717) is 0 Å². The van der Waals surface area contributed by atoms with Gasteiger partial charge in [0, 0.05) is 48.2 Å². The van der Waals surface area contributed by atoms with Crippen molar-refractivity contribution in [2.45, 2.75) is 0 Å². The maximum atomic E-state index is 13.2. The minimum Gasteiger partial charge on any atom is -0.424 e. The topological polar surface area (TPSA) is 52.3 Å². The Kier molecular flexibility index (Phi) is 3.38. The van der Waals surface area contributed by atoms with E-state index in [1.807, 2.05) is 28.9 Å². The van der Waals surface area contributed by atoms with Crippen LogP contribution in [0, 0.1) is 11.6 Å². The number of fused-ring (bicyclic) bond motifs is 1. The van der Waals surface area contributed by atoms with E-state index in [1.165, 1.54) is 6.07 Å². The van der Waals surface area contributed by atoms with Crippen LogP contribution >= 0.6 is 0 Å². The highest BCUT2D eigenvalue weighted by Crippen LogP contribution is 2.23. The number of imidazole rings is 1. The molecule has 4 rings (SSSR count). The van der Waals surface area contributed by atoms with Crippen LogP contribution < -0.4 is 4.74 Å². The van der Waals surface area contributed by atoms with Crippen molar-refractivity contribution in [2.24, 2.45) is 0 Å². The predicted molar refractivity (Wildman–Crippen MR) is 82.7 cm³/mol. The first-order chi connectivity index (χ1) is 11.7. The molecule has 0 aliphatic rings. The minimum absolute atomic E-state index is 0.0495. The van der Waals surface area contributed by atoms with Crippen LogP contribution in [-0.4, -0.2) is 19.4 Å². The Balaban J connectivity index is 1.58. The van der Waals surface area contributed by atoms with Gasteiger partial charge in [-0.15, -0.1) is 0 Å². The number of ether oxygens (including phenoxy) is 1. The quantitative estimate of drug-likeness (QED) is 0.574. The van der Waals surface area contributed by atoms with Gasteiger partial charge in [-0.3, -0.25) is 0 Å².